The SMILES string of the molecule is CCCC/C=C/C/C=C/CCCCCCCC(=O)OC[C@H](COP(=O)(O)OC1C(O)C(O)C(O)[C@@H](O)C1O)OC(=O)CCCCCCCCCCCCCCCCCCCCCC. The number of carbonyl (C=O) groups is 2. The van der Waals surface area contributed by atoms with Gasteiger partial charge in [0.15, 0.2) is 6.10 Å². The van der Waals surface area contributed by atoms with Crippen LogP contribution in [0.15, 0.2) is 24.3 Å². The lowest BCUT2D eigenvalue weighted by Gasteiger charge is -2.41. The molecule has 0 aromatic carbocycles. The Morgan fingerprint density at radius 2 is 0.873 bits per heavy atom. The molecule has 6 unspecified atom stereocenters. The molecule has 0 bridgehead atoms. The summed E-state index contributed by atoms with van der Waals surface area (Å²) in [5.74, 6) is -1.11. The topological polar surface area (TPSA) is 210 Å². The summed E-state index contributed by atoms with van der Waals surface area (Å²) >= 11 is 0. The minimum absolute atomic E-state index is 0.0984. The van der Waals surface area contributed by atoms with E-state index in [-0.39, 0.29) is 12.8 Å². The first-order valence-electron chi connectivity index (χ1n) is 25.1. The van der Waals surface area contributed by atoms with Gasteiger partial charge in [0.05, 0.1) is 6.61 Å². The Hall–Kier alpha value is -1.67. The molecule has 0 amide bonds. The zero-order valence-electron chi connectivity index (χ0n) is 39.4. The van der Waals surface area contributed by atoms with E-state index >= 15 is 0 Å². The van der Waals surface area contributed by atoms with Gasteiger partial charge in [-0.25, -0.2) is 4.57 Å². The summed E-state index contributed by atoms with van der Waals surface area (Å²) in [5.41, 5.74) is 0. The van der Waals surface area contributed by atoms with Crippen molar-refractivity contribution >= 4 is 19.8 Å². The van der Waals surface area contributed by atoms with E-state index < -0.39 is 75.7 Å². The normalized spacial score (nSPS) is 21.8. The van der Waals surface area contributed by atoms with Gasteiger partial charge in [0.2, 0.25) is 0 Å². The van der Waals surface area contributed by atoms with Crippen LogP contribution in [0.1, 0.15) is 219 Å². The lowest BCUT2D eigenvalue weighted by molar-refractivity contribution is -0.220. The largest absolute Gasteiger partial charge is 0.472 e. The number of ether oxygens (including phenoxy) is 2. The Bertz CT molecular complexity index is 1200. The number of hydrogen-bond donors (Lipinski definition) is 6. The van der Waals surface area contributed by atoms with E-state index in [0.717, 1.165) is 64.2 Å². The Morgan fingerprint density at radius 1 is 0.492 bits per heavy atom. The van der Waals surface area contributed by atoms with Crippen LogP contribution in [0.5, 0.6) is 0 Å². The zero-order chi connectivity index (χ0) is 46.4. The van der Waals surface area contributed by atoms with Crippen molar-refractivity contribution in [1.82, 2.24) is 0 Å². The number of carbonyl (C=O) groups excluding carboxylic acids is 2. The van der Waals surface area contributed by atoms with Crippen LogP contribution in [0, 0.1) is 0 Å². The summed E-state index contributed by atoms with van der Waals surface area (Å²) < 4.78 is 33.6. The molecule has 370 valence electrons. The number of rotatable bonds is 42. The second kappa shape index (κ2) is 39.5. The monoisotopic (exact) mass is 919 g/mol. The third-order valence-corrected chi connectivity index (χ3v) is 12.8. The maximum atomic E-state index is 12.8. The molecule has 0 aromatic rings. The van der Waals surface area contributed by atoms with Gasteiger partial charge in [-0.1, -0.05) is 192 Å². The molecule has 1 rings (SSSR count). The number of phosphoric acid groups is 1. The van der Waals surface area contributed by atoms with E-state index in [1.54, 1.807) is 0 Å². The molecule has 0 aromatic heterocycles. The third-order valence-electron chi connectivity index (χ3n) is 11.8. The van der Waals surface area contributed by atoms with Crippen molar-refractivity contribution in [2.75, 3.05) is 13.2 Å². The average Bonchev–Trinajstić information content (AvgIpc) is 3.26. The van der Waals surface area contributed by atoms with Gasteiger partial charge in [0, 0.05) is 12.8 Å². The van der Waals surface area contributed by atoms with Gasteiger partial charge in [-0.3, -0.25) is 18.6 Å². The number of aliphatic hydroxyl groups is 5. The van der Waals surface area contributed by atoms with Crippen LogP contribution in [0.2, 0.25) is 0 Å². The minimum Gasteiger partial charge on any atom is -0.462 e. The fourth-order valence-corrected chi connectivity index (χ4v) is 8.69. The highest BCUT2D eigenvalue weighted by atomic mass is 31.2. The van der Waals surface area contributed by atoms with Crippen molar-refractivity contribution in [2.24, 2.45) is 0 Å². The van der Waals surface area contributed by atoms with Crippen LogP contribution >= 0.6 is 7.82 Å². The molecule has 1 fully saturated rings. The molecule has 0 heterocycles. The summed E-state index contributed by atoms with van der Waals surface area (Å²) in [7, 11) is -5.12. The summed E-state index contributed by atoms with van der Waals surface area (Å²) in [6.07, 6.45) is 30.9. The molecule has 0 saturated heterocycles. The highest BCUT2D eigenvalue weighted by Gasteiger charge is 2.51. The second-order valence-electron chi connectivity index (χ2n) is 17.7. The molecular formula is C49H91O13P. The lowest BCUT2D eigenvalue weighted by atomic mass is 9.85. The number of aliphatic hydroxyl groups excluding tert-OH is 5. The summed E-state index contributed by atoms with van der Waals surface area (Å²) in [5, 5.41) is 50.2. The highest BCUT2D eigenvalue weighted by Crippen LogP contribution is 2.47. The predicted octanol–water partition coefficient (Wildman–Crippen LogP) is 10.4. The first-order chi connectivity index (χ1) is 30.4. The summed E-state index contributed by atoms with van der Waals surface area (Å²) in [4.78, 5) is 35.8. The van der Waals surface area contributed by atoms with Crippen LogP contribution < -0.4 is 0 Å². The fraction of sp³-hybridized carbons (Fsp3) is 0.878. The number of esters is 2. The van der Waals surface area contributed by atoms with E-state index in [2.05, 4.69) is 38.2 Å². The molecule has 0 aliphatic heterocycles. The van der Waals surface area contributed by atoms with Gasteiger partial charge in [-0.2, -0.15) is 0 Å². The minimum atomic E-state index is -5.12. The number of allylic oxidation sites excluding steroid dienone is 4. The molecule has 1 aliphatic carbocycles. The van der Waals surface area contributed by atoms with Crippen molar-refractivity contribution in [1.29, 1.82) is 0 Å². The van der Waals surface area contributed by atoms with Crippen LogP contribution in [0.25, 0.3) is 0 Å². The van der Waals surface area contributed by atoms with Gasteiger partial charge in [-0.05, 0) is 38.5 Å². The van der Waals surface area contributed by atoms with E-state index in [0.29, 0.717) is 12.8 Å². The Balaban J connectivity index is 2.40. The van der Waals surface area contributed by atoms with Crippen LogP contribution in [-0.2, 0) is 32.7 Å². The Kier molecular flexibility index (Phi) is 37.2. The van der Waals surface area contributed by atoms with Crippen LogP contribution in [0.3, 0.4) is 0 Å². The molecule has 8 atom stereocenters. The second-order valence-corrected chi connectivity index (χ2v) is 19.1. The predicted molar refractivity (Wildman–Crippen MR) is 249 cm³/mol. The molecule has 6 N–H and O–H groups in total. The van der Waals surface area contributed by atoms with Crippen molar-refractivity contribution in [2.45, 2.75) is 262 Å². The van der Waals surface area contributed by atoms with E-state index in [1.165, 1.54) is 116 Å². The fourth-order valence-electron chi connectivity index (χ4n) is 7.72. The van der Waals surface area contributed by atoms with Crippen molar-refractivity contribution in [3.8, 4) is 0 Å². The third kappa shape index (κ3) is 31.8. The van der Waals surface area contributed by atoms with Crippen molar-refractivity contribution in [3.63, 3.8) is 0 Å². The number of hydrogen-bond acceptors (Lipinski definition) is 12. The lowest BCUT2D eigenvalue weighted by Crippen LogP contribution is -2.64. The van der Waals surface area contributed by atoms with E-state index in [9.17, 15) is 44.6 Å². The summed E-state index contributed by atoms with van der Waals surface area (Å²) in [6.45, 7) is 3.27. The zero-order valence-corrected chi connectivity index (χ0v) is 40.3. The average molecular weight is 919 g/mol. The Labute approximate surface area is 381 Å². The van der Waals surface area contributed by atoms with Gasteiger partial charge < -0.3 is 39.9 Å². The maximum Gasteiger partial charge on any atom is 0.472 e. The molecule has 0 radical (unpaired) electrons. The number of unbranched alkanes of at least 4 members (excludes halogenated alkanes) is 26. The van der Waals surface area contributed by atoms with Crippen LogP contribution in [0.4, 0.5) is 0 Å². The quantitative estimate of drug-likeness (QED) is 0.0146. The molecule has 63 heavy (non-hydrogen) atoms. The Morgan fingerprint density at radius 3 is 1.33 bits per heavy atom. The number of phosphoric ester groups is 1. The maximum absolute atomic E-state index is 12.8. The van der Waals surface area contributed by atoms with Crippen LogP contribution in [-0.4, -0.2) is 98.3 Å². The van der Waals surface area contributed by atoms with E-state index in [4.69, 9.17) is 18.5 Å². The highest BCUT2D eigenvalue weighted by molar-refractivity contribution is 7.47. The van der Waals surface area contributed by atoms with Crippen molar-refractivity contribution < 1.29 is 63.1 Å². The van der Waals surface area contributed by atoms with Gasteiger partial charge in [0.1, 0.15) is 43.2 Å². The molecule has 1 aliphatic rings. The molecule has 0 spiro atoms. The first kappa shape index (κ1) is 59.3. The van der Waals surface area contributed by atoms with E-state index in [1.807, 2.05) is 0 Å². The molecule has 13 nitrogen and oxygen atoms in total. The smallest absolute Gasteiger partial charge is 0.462 e. The van der Waals surface area contributed by atoms with Gasteiger partial charge in [0.25, 0.3) is 0 Å². The summed E-state index contributed by atoms with van der Waals surface area (Å²) in [6, 6.07) is 0. The standard InChI is InChI=1S/C49H91O13P/c1-3-5-7-9-11-13-15-17-19-20-21-22-23-24-26-28-30-32-34-36-38-43(51)61-41(40-60-63(57,58)62-49-47(55)45(53)44(52)46(54)48(49)56)39-59-42(50)37-35-33-31-29-27-25-18-16-14-12-10-8-6-4-2/h10,12,16,18,41,44-49,52-56H,3-9,11,13-15,17,19-40H2,1-2H3,(H,57,58)/b12-10+,18-16+/t41-,44?,45-,46?,47?,48?,49?/m1/s1. The van der Waals surface area contributed by atoms with Gasteiger partial charge in [-0.15, -0.1) is 0 Å². The molecular weight excluding hydrogens is 827 g/mol. The first-order valence-corrected chi connectivity index (χ1v) is 26.6. The van der Waals surface area contributed by atoms with Gasteiger partial charge >= 0.3 is 19.8 Å². The van der Waals surface area contributed by atoms with Crippen molar-refractivity contribution in [3.05, 3.63) is 24.3 Å². The molecule has 1 saturated carbocycles. The molecule has 14 heteroatoms.